The highest BCUT2D eigenvalue weighted by Gasteiger charge is 2.32. The molecular weight excluding hydrogens is 283 g/mol. The van der Waals surface area contributed by atoms with E-state index in [4.69, 9.17) is 4.74 Å². The zero-order chi connectivity index (χ0) is 16.3. The summed E-state index contributed by atoms with van der Waals surface area (Å²) in [7, 11) is 1.46. The number of carbonyl (C=O) groups excluding carboxylic acids is 1. The second kappa shape index (κ2) is 7.09. The highest BCUT2D eigenvalue weighted by Crippen LogP contribution is 2.25. The fraction of sp³-hybridized carbons (Fsp3) is 0.588. The molecule has 122 valence electrons. The summed E-state index contributed by atoms with van der Waals surface area (Å²) in [6.45, 7) is 8.52. The van der Waals surface area contributed by atoms with Gasteiger partial charge in [-0.15, -0.1) is 0 Å². The molecule has 1 heterocycles. The third-order valence-corrected chi connectivity index (χ3v) is 4.36. The third-order valence-electron chi connectivity index (χ3n) is 4.36. The lowest BCUT2D eigenvalue weighted by Crippen LogP contribution is -2.56. The Hall–Kier alpha value is -1.62. The van der Waals surface area contributed by atoms with Gasteiger partial charge in [0.05, 0.1) is 7.11 Å². The molecule has 0 N–H and O–H groups in total. The Morgan fingerprint density at radius 1 is 1.41 bits per heavy atom. The molecule has 1 aliphatic heterocycles. The lowest BCUT2D eigenvalue weighted by Gasteiger charge is -2.43. The molecule has 5 heteroatoms. The molecule has 22 heavy (non-hydrogen) atoms. The number of methoxy groups -OCH3 is 1. The number of piperazine rings is 1. The van der Waals surface area contributed by atoms with E-state index in [2.05, 4.69) is 25.7 Å². The minimum Gasteiger partial charge on any atom is -0.496 e. The predicted octanol–water partition coefficient (Wildman–Crippen LogP) is 2.78. The van der Waals surface area contributed by atoms with Gasteiger partial charge < -0.3 is 9.64 Å². The molecule has 0 spiro atoms. The quantitative estimate of drug-likeness (QED) is 0.857. The van der Waals surface area contributed by atoms with Crippen LogP contribution in [0.1, 0.15) is 37.6 Å². The minimum absolute atomic E-state index is 0.0397. The first-order valence-corrected chi connectivity index (χ1v) is 7.87. The van der Waals surface area contributed by atoms with Gasteiger partial charge in [-0.05, 0) is 32.4 Å². The van der Waals surface area contributed by atoms with Gasteiger partial charge in [-0.2, -0.15) is 0 Å². The number of amides is 1. The first-order chi connectivity index (χ1) is 10.5. The molecule has 1 saturated heterocycles. The fourth-order valence-corrected chi connectivity index (χ4v) is 3.14. The van der Waals surface area contributed by atoms with Gasteiger partial charge in [0.15, 0.2) is 0 Å². The third kappa shape index (κ3) is 3.24. The molecule has 0 aromatic heterocycles. The Kier molecular flexibility index (Phi) is 5.40. The average molecular weight is 308 g/mol. The van der Waals surface area contributed by atoms with E-state index in [0.29, 0.717) is 30.9 Å². The van der Waals surface area contributed by atoms with Gasteiger partial charge in [0, 0.05) is 31.7 Å². The Bertz CT molecular complexity index is 533. The molecule has 0 aliphatic carbocycles. The highest BCUT2D eigenvalue weighted by atomic mass is 19.1. The number of hydrogen-bond donors (Lipinski definition) is 0. The van der Waals surface area contributed by atoms with Crippen LogP contribution in [0.4, 0.5) is 4.39 Å². The Morgan fingerprint density at radius 2 is 2.14 bits per heavy atom. The molecule has 1 atom stereocenters. The van der Waals surface area contributed by atoms with Crippen molar-refractivity contribution in [2.45, 2.75) is 39.3 Å². The molecule has 1 unspecified atom stereocenters. The zero-order valence-corrected chi connectivity index (χ0v) is 13.8. The summed E-state index contributed by atoms with van der Waals surface area (Å²) in [6.07, 6.45) is 0.969. The van der Waals surface area contributed by atoms with Crippen LogP contribution >= 0.6 is 0 Å². The smallest absolute Gasteiger partial charge is 0.260 e. The SMILES string of the molecule is CCC1CN(C(=O)c2c(F)cccc2OC)CCN1C(C)C. The van der Waals surface area contributed by atoms with Crippen molar-refractivity contribution in [1.82, 2.24) is 9.80 Å². The van der Waals surface area contributed by atoms with Crippen molar-refractivity contribution >= 4 is 5.91 Å². The van der Waals surface area contributed by atoms with Crippen molar-refractivity contribution in [3.63, 3.8) is 0 Å². The largest absolute Gasteiger partial charge is 0.496 e. The van der Waals surface area contributed by atoms with E-state index in [1.165, 1.54) is 13.2 Å². The van der Waals surface area contributed by atoms with Crippen molar-refractivity contribution < 1.29 is 13.9 Å². The molecular formula is C17H25FN2O2. The molecule has 0 saturated carbocycles. The second-order valence-electron chi connectivity index (χ2n) is 5.96. The van der Waals surface area contributed by atoms with Gasteiger partial charge in [-0.25, -0.2) is 4.39 Å². The zero-order valence-electron chi connectivity index (χ0n) is 13.8. The highest BCUT2D eigenvalue weighted by molar-refractivity contribution is 5.97. The van der Waals surface area contributed by atoms with Gasteiger partial charge in [0.25, 0.3) is 5.91 Å². The van der Waals surface area contributed by atoms with Crippen LogP contribution in [0.15, 0.2) is 18.2 Å². The van der Waals surface area contributed by atoms with Crippen LogP contribution in [0, 0.1) is 5.82 Å². The van der Waals surface area contributed by atoms with Crippen LogP contribution in [0.25, 0.3) is 0 Å². The summed E-state index contributed by atoms with van der Waals surface area (Å²) in [5.41, 5.74) is 0.0397. The maximum Gasteiger partial charge on any atom is 0.260 e. The first kappa shape index (κ1) is 16.7. The normalized spacial score (nSPS) is 19.5. The van der Waals surface area contributed by atoms with Crippen LogP contribution in [0.2, 0.25) is 0 Å². The lowest BCUT2D eigenvalue weighted by molar-refractivity contribution is 0.0366. The van der Waals surface area contributed by atoms with Crippen molar-refractivity contribution in [2.24, 2.45) is 0 Å². The predicted molar refractivity (Wildman–Crippen MR) is 84.8 cm³/mol. The van der Waals surface area contributed by atoms with Gasteiger partial charge in [-0.3, -0.25) is 9.69 Å². The number of hydrogen-bond acceptors (Lipinski definition) is 3. The monoisotopic (exact) mass is 308 g/mol. The number of nitrogens with zero attached hydrogens (tertiary/aromatic N) is 2. The Morgan fingerprint density at radius 3 is 2.73 bits per heavy atom. The maximum atomic E-state index is 14.1. The van der Waals surface area contributed by atoms with E-state index in [0.717, 1.165) is 13.0 Å². The second-order valence-corrected chi connectivity index (χ2v) is 5.96. The summed E-state index contributed by atoms with van der Waals surface area (Å²) in [4.78, 5) is 16.9. The Balaban J connectivity index is 2.21. The van der Waals surface area contributed by atoms with E-state index in [1.54, 1.807) is 17.0 Å². The van der Waals surface area contributed by atoms with E-state index in [-0.39, 0.29) is 11.5 Å². The summed E-state index contributed by atoms with van der Waals surface area (Å²) >= 11 is 0. The maximum absolute atomic E-state index is 14.1. The van der Waals surface area contributed by atoms with Crippen molar-refractivity contribution in [3.05, 3.63) is 29.6 Å². The van der Waals surface area contributed by atoms with Gasteiger partial charge in [-0.1, -0.05) is 13.0 Å². The molecule has 1 amide bonds. The van der Waals surface area contributed by atoms with E-state index >= 15 is 0 Å². The van der Waals surface area contributed by atoms with Crippen LogP contribution in [-0.4, -0.2) is 54.5 Å². The van der Waals surface area contributed by atoms with E-state index < -0.39 is 5.82 Å². The van der Waals surface area contributed by atoms with Crippen molar-refractivity contribution in [1.29, 1.82) is 0 Å². The number of carbonyl (C=O) groups is 1. The van der Waals surface area contributed by atoms with Crippen molar-refractivity contribution in [2.75, 3.05) is 26.7 Å². The van der Waals surface area contributed by atoms with Crippen LogP contribution in [0.5, 0.6) is 5.75 Å². The van der Waals surface area contributed by atoms with Crippen molar-refractivity contribution in [3.8, 4) is 5.75 Å². The summed E-state index contributed by atoms with van der Waals surface area (Å²) in [6, 6.07) is 5.24. The number of halogens is 1. The minimum atomic E-state index is -0.524. The first-order valence-electron chi connectivity index (χ1n) is 7.87. The topological polar surface area (TPSA) is 32.8 Å². The number of rotatable bonds is 4. The molecule has 2 rings (SSSR count). The summed E-state index contributed by atoms with van der Waals surface area (Å²) < 4.78 is 19.2. The standard InChI is InChI=1S/C17H25FN2O2/c1-5-13-11-19(9-10-20(13)12(2)3)17(21)16-14(18)7-6-8-15(16)22-4/h6-8,12-13H,5,9-11H2,1-4H3. The molecule has 4 nitrogen and oxygen atoms in total. The van der Waals surface area contributed by atoms with Gasteiger partial charge >= 0.3 is 0 Å². The molecule has 0 radical (unpaired) electrons. The number of benzene rings is 1. The average Bonchev–Trinajstić information content (AvgIpc) is 2.53. The summed E-state index contributed by atoms with van der Waals surface area (Å²) in [5, 5.41) is 0. The molecule has 1 aromatic carbocycles. The van der Waals surface area contributed by atoms with Crippen LogP contribution in [0.3, 0.4) is 0 Å². The summed E-state index contributed by atoms with van der Waals surface area (Å²) in [5.74, 6) is -0.509. The molecule has 0 bridgehead atoms. The molecule has 1 aliphatic rings. The molecule has 1 fully saturated rings. The van der Waals surface area contributed by atoms with E-state index in [9.17, 15) is 9.18 Å². The van der Waals surface area contributed by atoms with Crippen LogP contribution < -0.4 is 4.74 Å². The van der Waals surface area contributed by atoms with Gasteiger partial charge in [0.2, 0.25) is 0 Å². The molecule has 1 aromatic rings. The Labute approximate surface area is 131 Å². The van der Waals surface area contributed by atoms with Crippen LogP contribution in [-0.2, 0) is 0 Å². The van der Waals surface area contributed by atoms with Gasteiger partial charge in [0.1, 0.15) is 17.1 Å². The van der Waals surface area contributed by atoms with E-state index in [1.807, 2.05) is 0 Å². The number of ether oxygens (including phenoxy) is 1. The fourth-order valence-electron chi connectivity index (χ4n) is 3.14. The lowest BCUT2D eigenvalue weighted by atomic mass is 10.1.